The lowest BCUT2D eigenvalue weighted by atomic mass is 10.2. The van der Waals surface area contributed by atoms with E-state index in [1.807, 2.05) is 4.90 Å². The Labute approximate surface area is 128 Å². The highest BCUT2D eigenvalue weighted by molar-refractivity contribution is 7.80. The summed E-state index contributed by atoms with van der Waals surface area (Å²) in [5, 5.41) is 0. The van der Waals surface area contributed by atoms with Gasteiger partial charge in [-0.3, -0.25) is 0 Å². The molecule has 1 aliphatic rings. The molecule has 1 aliphatic heterocycles. The first-order valence-electron chi connectivity index (χ1n) is 6.69. The molecule has 0 amide bonds. The minimum absolute atomic E-state index is 0.303. The number of anilines is 1. The fraction of sp³-hybridized carbons (Fsp3) is 0.538. The van der Waals surface area contributed by atoms with Crippen LogP contribution in [-0.4, -0.2) is 53.3 Å². The van der Waals surface area contributed by atoms with Crippen LogP contribution in [0, 0.1) is 6.92 Å². The van der Waals surface area contributed by atoms with Crippen molar-refractivity contribution in [2.45, 2.75) is 20.0 Å². The zero-order chi connectivity index (χ0) is 15.4. The molecule has 0 aliphatic carbocycles. The Morgan fingerprint density at radius 1 is 1.67 bits per heavy atom. The monoisotopic (exact) mass is 310 g/mol. The minimum atomic E-state index is -0.412. The molecule has 1 aromatic heterocycles. The molecule has 21 heavy (non-hydrogen) atoms. The highest BCUT2D eigenvalue weighted by Crippen LogP contribution is 2.16. The van der Waals surface area contributed by atoms with Crippen LogP contribution < -0.4 is 10.6 Å². The maximum atomic E-state index is 11.7. The van der Waals surface area contributed by atoms with Crippen LogP contribution in [0.1, 0.15) is 23.0 Å². The van der Waals surface area contributed by atoms with Gasteiger partial charge in [-0.05, 0) is 13.8 Å². The third kappa shape index (κ3) is 3.64. The second-order valence-corrected chi connectivity index (χ2v) is 5.07. The lowest BCUT2D eigenvalue weighted by molar-refractivity contribution is 0.0524. The summed E-state index contributed by atoms with van der Waals surface area (Å²) in [5.41, 5.74) is 6.57. The molecule has 0 saturated carbocycles. The zero-order valence-corrected chi connectivity index (χ0v) is 12.9. The number of ether oxygens (including phenoxy) is 2. The molecular weight excluding hydrogens is 292 g/mol. The number of rotatable bonds is 4. The average molecular weight is 310 g/mol. The lowest BCUT2D eigenvalue weighted by Crippen LogP contribution is -2.48. The Kier molecular flexibility index (Phi) is 5.03. The van der Waals surface area contributed by atoms with Crippen LogP contribution in [0.15, 0.2) is 6.20 Å². The van der Waals surface area contributed by atoms with Crippen molar-refractivity contribution in [3.63, 3.8) is 0 Å². The Hall–Kier alpha value is -1.80. The Bertz CT molecular complexity index is 552. The van der Waals surface area contributed by atoms with E-state index in [1.165, 1.54) is 6.20 Å². The van der Waals surface area contributed by atoms with Gasteiger partial charge < -0.3 is 20.1 Å². The number of thiocarbonyl (C=S) groups is 1. The normalized spacial score (nSPS) is 18.4. The molecular formula is C13H18N4O3S. The van der Waals surface area contributed by atoms with Gasteiger partial charge in [-0.2, -0.15) is 0 Å². The van der Waals surface area contributed by atoms with Gasteiger partial charge in [0.2, 0.25) is 5.95 Å². The van der Waals surface area contributed by atoms with Crippen LogP contribution in [-0.2, 0) is 9.47 Å². The molecule has 0 aromatic carbocycles. The molecule has 8 heteroatoms. The number of morpholine rings is 1. The SMILES string of the molecule is CCOC(=O)c1cnc(N2CCOC(C(N)=S)C2)nc1C. The summed E-state index contributed by atoms with van der Waals surface area (Å²) in [5.74, 6) is 0.120. The summed E-state index contributed by atoms with van der Waals surface area (Å²) in [6, 6.07) is 0. The van der Waals surface area contributed by atoms with Gasteiger partial charge in [-0.1, -0.05) is 12.2 Å². The van der Waals surface area contributed by atoms with Crippen LogP contribution in [0.4, 0.5) is 5.95 Å². The number of hydrogen-bond donors (Lipinski definition) is 1. The van der Waals surface area contributed by atoms with Crippen molar-refractivity contribution >= 4 is 29.1 Å². The van der Waals surface area contributed by atoms with E-state index in [9.17, 15) is 4.79 Å². The van der Waals surface area contributed by atoms with Gasteiger partial charge in [0.05, 0.1) is 31.0 Å². The maximum Gasteiger partial charge on any atom is 0.341 e. The summed E-state index contributed by atoms with van der Waals surface area (Å²) in [6.45, 7) is 5.49. The van der Waals surface area contributed by atoms with Crippen LogP contribution >= 0.6 is 12.2 Å². The third-order valence-corrected chi connectivity index (χ3v) is 3.39. The van der Waals surface area contributed by atoms with E-state index in [0.29, 0.717) is 48.5 Å². The van der Waals surface area contributed by atoms with Crippen molar-refractivity contribution in [2.75, 3.05) is 31.2 Å². The number of aromatic nitrogens is 2. The molecule has 2 heterocycles. The molecule has 0 radical (unpaired) electrons. The molecule has 2 N–H and O–H groups in total. The number of nitrogens with two attached hydrogens (primary N) is 1. The fourth-order valence-electron chi connectivity index (χ4n) is 2.02. The molecule has 2 rings (SSSR count). The Morgan fingerprint density at radius 2 is 2.43 bits per heavy atom. The van der Waals surface area contributed by atoms with Crippen molar-refractivity contribution in [1.29, 1.82) is 0 Å². The second kappa shape index (κ2) is 6.77. The summed E-state index contributed by atoms with van der Waals surface area (Å²) >= 11 is 4.95. The summed E-state index contributed by atoms with van der Waals surface area (Å²) < 4.78 is 10.4. The van der Waals surface area contributed by atoms with Gasteiger partial charge in [-0.25, -0.2) is 14.8 Å². The van der Waals surface area contributed by atoms with Crippen LogP contribution in [0.25, 0.3) is 0 Å². The van der Waals surface area contributed by atoms with E-state index in [2.05, 4.69) is 9.97 Å². The first-order chi connectivity index (χ1) is 10.0. The largest absolute Gasteiger partial charge is 0.462 e. The maximum absolute atomic E-state index is 11.7. The van der Waals surface area contributed by atoms with E-state index in [-0.39, 0.29) is 6.10 Å². The minimum Gasteiger partial charge on any atom is -0.462 e. The van der Waals surface area contributed by atoms with E-state index in [4.69, 9.17) is 27.4 Å². The number of carbonyl (C=O) groups excluding carboxylic acids is 1. The van der Waals surface area contributed by atoms with E-state index in [0.717, 1.165) is 0 Å². The van der Waals surface area contributed by atoms with E-state index >= 15 is 0 Å². The van der Waals surface area contributed by atoms with E-state index in [1.54, 1.807) is 13.8 Å². The molecule has 1 unspecified atom stereocenters. The number of nitrogens with zero attached hydrogens (tertiary/aromatic N) is 3. The van der Waals surface area contributed by atoms with Gasteiger partial charge in [0.15, 0.2) is 0 Å². The zero-order valence-electron chi connectivity index (χ0n) is 12.0. The molecule has 114 valence electrons. The summed E-state index contributed by atoms with van der Waals surface area (Å²) in [6.07, 6.45) is 1.18. The third-order valence-electron chi connectivity index (χ3n) is 3.13. The molecule has 1 aromatic rings. The predicted molar refractivity (Wildman–Crippen MR) is 81.5 cm³/mol. The number of aryl methyl sites for hydroxylation is 1. The topological polar surface area (TPSA) is 90.6 Å². The van der Waals surface area contributed by atoms with E-state index < -0.39 is 5.97 Å². The molecule has 1 atom stereocenters. The van der Waals surface area contributed by atoms with Gasteiger partial charge in [0, 0.05) is 12.7 Å². The fourth-order valence-corrected chi connectivity index (χ4v) is 2.16. The van der Waals surface area contributed by atoms with Crippen LogP contribution in [0.2, 0.25) is 0 Å². The summed E-state index contributed by atoms with van der Waals surface area (Å²) in [4.78, 5) is 22.6. The van der Waals surface area contributed by atoms with Crippen molar-refractivity contribution in [1.82, 2.24) is 9.97 Å². The molecule has 1 saturated heterocycles. The van der Waals surface area contributed by atoms with Crippen molar-refractivity contribution < 1.29 is 14.3 Å². The van der Waals surface area contributed by atoms with Crippen molar-refractivity contribution in [3.05, 3.63) is 17.5 Å². The van der Waals surface area contributed by atoms with Crippen LogP contribution in [0.3, 0.4) is 0 Å². The predicted octanol–water partition coefficient (Wildman–Crippen LogP) is 0.453. The van der Waals surface area contributed by atoms with Crippen molar-refractivity contribution in [2.24, 2.45) is 5.73 Å². The second-order valence-electron chi connectivity index (χ2n) is 4.60. The van der Waals surface area contributed by atoms with Gasteiger partial charge >= 0.3 is 5.97 Å². The quantitative estimate of drug-likeness (QED) is 0.633. The van der Waals surface area contributed by atoms with Gasteiger partial charge in [0.25, 0.3) is 0 Å². The highest BCUT2D eigenvalue weighted by atomic mass is 32.1. The number of esters is 1. The molecule has 0 spiro atoms. The average Bonchev–Trinajstić information content (AvgIpc) is 2.47. The molecule has 7 nitrogen and oxygen atoms in total. The smallest absolute Gasteiger partial charge is 0.341 e. The number of hydrogen-bond acceptors (Lipinski definition) is 7. The first kappa shape index (κ1) is 15.6. The summed E-state index contributed by atoms with van der Waals surface area (Å²) in [7, 11) is 0. The lowest BCUT2D eigenvalue weighted by Gasteiger charge is -2.32. The molecule has 1 fully saturated rings. The van der Waals surface area contributed by atoms with Gasteiger partial charge in [0.1, 0.15) is 11.1 Å². The highest BCUT2D eigenvalue weighted by Gasteiger charge is 2.25. The van der Waals surface area contributed by atoms with Gasteiger partial charge in [-0.15, -0.1) is 0 Å². The Morgan fingerprint density at radius 3 is 3.05 bits per heavy atom. The Balaban J connectivity index is 2.16. The standard InChI is InChI=1S/C13H18N4O3S/c1-3-19-12(18)9-6-15-13(16-8(9)2)17-4-5-20-10(7-17)11(14)21/h6,10H,3-5,7H2,1-2H3,(H2,14,21). The molecule has 0 bridgehead atoms. The first-order valence-corrected chi connectivity index (χ1v) is 7.10. The van der Waals surface area contributed by atoms with Crippen molar-refractivity contribution in [3.8, 4) is 0 Å². The number of carbonyl (C=O) groups is 1. The van der Waals surface area contributed by atoms with Crippen LogP contribution in [0.5, 0.6) is 0 Å².